The van der Waals surface area contributed by atoms with Gasteiger partial charge >= 0.3 is 0 Å². The number of aromatic nitrogens is 1. The zero-order valence-corrected chi connectivity index (χ0v) is 15.1. The monoisotopic (exact) mass is 364 g/mol. The summed E-state index contributed by atoms with van der Waals surface area (Å²) in [5.41, 5.74) is 0.837. The number of hydrogen-bond acceptors (Lipinski definition) is 4. The van der Waals surface area contributed by atoms with Gasteiger partial charge in [0.25, 0.3) is 0 Å². The number of benzene rings is 1. The molecule has 0 atom stereocenters. The van der Waals surface area contributed by atoms with Crippen molar-refractivity contribution >= 4 is 28.8 Å². The molecule has 2 heterocycles. The van der Waals surface area contributed by atoms with E-state index in [4.69, 9.17) is 16.3 Å². The van der Waals surface area contributed by atoms with E-state index < -0.39 is 0 Å². The van der Waals surface area contributed by atoms with Gasteiger partial charge in [-0.1, -0.05) is 24.4 Å². The van der Waals surface area contributed by atoms with E-state index in [0.29, 0.717) is 18.1 Å². The van der Waals surface area contributed by atoms with Crippen LogP contribution in [0.5, 0.6) is 5.75 Å². The zero-order chi connectivity index (χ0) is 16.8. The standard InChI is InChI=1S/C18H21ClN2O2S/c19-14-5-7-16(8-6-14)23-12-17-20-15(13-24-17)11-18(22)21-9-3-1-2-4-10-21/h5-8,13H,1-4,9-12H2. The molecule has 0 N–H and O–H groups in total. The number of nitrogens with zero attached hydrogens (tertiary/aromatic N) is 2. The molecule has 0 saturated carbocycles. The molecular formula is C18H21ClN2O2S. The lowest BCUT2D eigenvalue weighted by Gasteiger charge is -2.19. The summed E-state index contributed by atoms with van der Waals surface area (Å²) in [6.07, 6.45) is 5.07. The number of ether oxygens (including phenoxy) is 1. The maximum absolute atomic E-state index is 12.4. The number of likely N-dealkylation sites (tertiary alicyclic amines) is 1. The summed E-state index contributed by atoms with van der Waals surface area (Å²) in [5, 5.41) is 3.52. The van der Waals surface area contributed by atoms with Gasteiger partial charge in [0.1, 0.15) is 17.4 Å². The molecule has 1 fully saturated rings. The van der Waals surface area contributed by atoms with Crippen molar-refractivity contribution in [2.24, 2.45) is 0 Å². The molecule has 0 radical (unpaired) electrons. The SMILES string of the molecule is O=C(Cc1csc(COc2ccc(Cl)cc2)n1)N1CCCCCC1. The lowest BCUT2D eigenvalue weighted by molar-refractivity contribution is -0.130. The van der Waals surface area contributed by atoms with Gasteiger partial charge in [0, 0.05) is 23.5 Å². The average Bonchev–Trinajstić information content (AvgIpc) is 2.85. The first-order valence-electron chi connectivity index (χ1n) is 8.30. The molecule has 2 aromatic rings. The summed E-state index contributed by atoms with van der Waals surface area (Å²) in [4.78, 5) is 18.9. The molecule has 0 aliphatic carbocycles. The predicted molar refractivity (Wildman–Crippen MR) is 96.7 cm³/mol. The van der Waals surface area contributed by atoms with Crippen molar-refractivity contribution in [3.8, 4) is 5.75 Å². The molecular weight excluding hydrogens is 344 g/mol. The normalized spacial score (nSPS) is 15.1. The minimum absolute atomic E-state index is 0.187. The summed E-state index contributed by atoms with van der Waals surface area (Å²) in [5.74, 6) is 0.948. The molecule has 1 aliphatic heterocycles. The second-order valence-electron chi connectivity index (χ2n) is 5.95. The molecule has 3 rings (SSSR count). The van der Waals surface area contributed by atoms with Crippen LogP contribution in [0.25, 0.3) is 0 Å². The highest BCUT2D eigenvalue weighted by atomic mass is 35.5. The Labute approximate surface area is 151 Å². The third kappa shape index (κ3) is 4.95. The Morgan fingerprint density at radius 1 is 1.17 bits per heavy atom. The fourth-order valence-electron chi connectivity index (χ4n) is 2.76. The summed E-state index contributed by atoms with van der Waals surface area (Å²) >= 11 is 7.38. The molecule has 1 aliphatic rings. The number of amides is 1. The Kier molecular flexibility index (Phi) is 6.10. The molecule has 1 aromatic carbocycles. The minimum Gasteiger partial charge on any atom is -0.486 e. The summed E-state index contributed by atoms with van der Waals surface area (Å²) in [7, 11) is 0. The average molecular weight is 365 g/mol. The van der Waals surface area contributed by atoms with Crippen LogP contribution in [0.15, 0.2) is 29.6 Å². The van der Waals surface area contributed by atoms with E-state index in [2.05, 4.69) is 4.98 Å². The highest BCUT2D eigenvalue weighted by molar-refractivity contribution is 7.09. The second-order valence-corrected chi connectivity index (χ2v) is 7.33. The van der Waals surface area contributed by atoms with Crippen LogP contribution >= 0.6 is 22.9 Å². The van der Waals surface area contributed by atoms with E-state index in [0.717, 1.165) is 42.4 Å². The fraction of sp³-hybridized carbons (Fsp3) is 0.444. The van der Waals surface area contributed by atoms with E-state index in [1.807, 2.05) is 22.4 Å². The molecule has 6 heteroatoms. The number of carbonyl (C=O) groups excluding carboxylic acids is 1. The second kappa shape index (κ2) is 8.49. The van der Waals surface area contributed by atoms with E-state index >= 15 is 0 Å². The lowest BCUT2D eigenvalue weighted by atomic mass is 10.2. The van der Waals surface area contributed by atoms with Crippen LogP contribution in [0.3, 0.4) is 0 Å². The van der Waals surface area contributed by atoms with Gasteiger partial charge in [-0.2, -0.15) is 0 Å². The highest BCUT2D eigenvalue weighted by Crippen LogP contribution is 2.19. The number of halogens is 1. The van der Waals surface area contributed by atoms with E-state index in [9.17, 15) is 4.79 Å². The van der Waals surface area contributed by atoms with Crippen molar-refractivity contribution in [3.05, 3.63) is 45.4 Å². The molecule has 0 bridgehead atoms. The van der Waals surface area contributed by atoms with Gasteiger partial charge < -0.3 is 9.64 Å². The zero-order valence-electron chi connectivity index (χ0n) is 13.5. The predicted octanol–water partition coefficient (Wildman–Crippen LogP) is 4.32. The Bertz CT molecular complexity index is 664. The maximum Gasteiger partial charge on any atom is 0.228 e. The number of rotatable bonds is 5. The van der Waals surface area contributed by atoms with Crippen LogP contribution in [-0.2, 0) is 17.8 Å². The first-order chi connectivity index (χ1) is 11.7. The van der Waals surface area contributed by atoms with E-state index in [1.54, 1.807) is 12.1 Å². The van der Waals surface area contributed by atoms with Crippen LogP contribution in [-0.4, -0.2) is 28.9 Å². The number of hydrogen-bond donors (Lipinski definition) is 0. The number of carbonyl (C=O) groups is 1. The number of thiazole rings is 1. The van der Waals surface area contributed by atoms with Crippen molar-refractivity contribution < 1.29 is 9.53 Å². The fourth-order valence-corrected chi connectivity index (χ4v) is 3.59. The van der Waals surface area contributed by atoms with Crippen molar-refractivity contribution in [2.75, 3.05) is 13.1 Å². The lowest BCUT2D eigenvalue weighted by Crippen LogP contribution is -2.33. The Balaban J connectivity index is 1.51. The largest absolute Gasteiger partial charge is 0.486 e. The van der Waals surface area contributed by atoms with Crippen molar-refractivity contribution in [2.45, 2.75) is 38.7 Å². The molecule has 4 nitrogen and oxygen atoms in total. The van der Waals surface area contributed by atoms with Crippen molar-refractivity contribution in [1.82, 2.24) is 9.88 Å². The molecule has 0 spiro atoms. The molecule has 1 aromatic heterocycles. The van der Waals surface area contributed by atoms with E-state index in [1.165, 1.54) is 24.2 Å². The van der Waals surface area contributed by atoms with Gasteiger partial charge in [-0.25, -0.2) is 4.98 Å². The summed E-state index contributed by atoms with van der Waals surface area (Å²) < 4.78 is 5.69. The first-order valence-corrected chi connectivity index (χ1v) is 9.56. The molecule has 24 heavy (non-hydrogen) atoms. The van der Waals surface area contributed by atoms with Gasteiger partial charge in [-0.05, 0) is 37.1 Å². The highest BCUT2D eigenvalue weighted by Gasteiger charge is 2.17. The van der Waals surface area contributed by atoms with Gasteiger partial charge in [0.15, 0.2) is 0 Å². The minimum atomic E-state index is 0.187. The van der Waals surface area contributed by atoms with Crippen molar-refractivity contribution in [3.63, 3.8) is 0 Å². The smallest absolute Gasteiger partial charge is 0.228 e. The van der Waals surface area contributed by atoms with Gasteiger partial charge in [0.05, 0.1) is 12.1 Å². The van der Waals surface area contributed by atoms with Crippen LogP contribution < -0.4 is 4.74 Å². The summed E-state index contributed by atoms with van der Waals surface area (Å²) in [6.45, 7) is 2.18. The molecule has 1 amide bonds. The molecule has 0 unspecified atom stereocenters. The Hall–Kier alpha value is -1.59. The van der Waals surface area contributed by atoms with Crippen LogP contribution in [0, 0.1) is 0 Å². The topological polar surface area (TPSA) is 42.4 Å². The van der Waals surface area contributed by atoms with Gasteiger partial charge in [0.2, 0.25) is 5.91 Å². The Morgan fingerprint density at radius 2 is 1.88 bits per heavy atom. The van der Waals surface area contributed by atoms with Crippen LogP contribution in [0.4, 0.5) is 0 Å². The maximum atomic E-state index is 12.4. The Morgan fingerprint density at radius 3 is 2.58 bits per heavy atom. The van der Waals surface area contributed by atoms with Crippen LogP contribution in [0.2, 0.25) is 5.02 Å². The van der Waals surface area contributed by atoms with E-state index in [-0.39, 0.29) is 5.91 Å². The molecule has 128 valence electrons. The van der Waals surface area contributed by atoms with Gasteiger partial charge in [-0.3, -0.25) is 4.79 Å². The van der Waals surface area contributed by atoms with Gasteiger partial charge in [-0.15, -0.1) is 11.3 Å². The third-order valence-electron chi connectivity index (χ3n) is 4.07. The third-order valence-corrected chi connectivity index (χ3v) is 5.19. The quantitative estimate of drug-likeness (QED) is 0.793. The van der Waals surface area contributed by atoms with Crippen LogP contribution in [0.1, 0.15) is 36.4 Å². The summed E-state index contributed by atoms with van der Waals surface area (Å²) in [6, 6.07) is 7.26. The van der Waals surface area contributed by atoms with Crippen molar-refractivity contribution in [1.29, 1.82) is 0 Å². The first kappa shape index (κ1) is 17.2. The molecule has 1 saturated heterocycles.